The van der Waals surface area contributed by atoms with Crippen molar-refractivity contribution in [1.29, 1.82) is 0 Å². The van der Waals surface area contributed by atoms with E-state index in [2.05, 4.69) is 0 Å². The monoisotopic (exact) mass is 255 g/mol. The first-order chi connectivity index (χ1) is 9.43. The van der Waals surface area contributed by atoms with Crippen LogP contribution in [0.25, 0.3) is 0 Å². The maximum Gasteiger partial charge on any atom is 0.0472 e. The third-order valence-corrected chi connectivity index (χ3v) is 5.58. The summed E-state index contributed by atoms with van der Waals surface area (Å²) in [6, 6.07) is 0. The van der Waals surface area contributed by atoms with Crippen molar-refractivity contribution in [2.75, 3.05) is 0 Å². The molecule has 0 atom stereocenters. The van der Waals surface area contributed by atoms with Crippen LogP contribution in [0.2, 0.25) is 0 Å². The fraction of sp³-hybridized carbons (Fsp3) is 0.722. The summed E-state index contributed by atoms with van der Waals surface area (Å²) >= 11 is 0. The molecular weight excluding hydrogens is 230 g/mol. The lowest BCUT2D eigenvalue weighted by molar-refractivity contribution is 0.592. The van der Waals surface area contributed by atoms with Gasteiger partial charge in [0.15, 0.2) is 0 Å². The summed E-state index contributed by atoms with van der Waals surface area (Å²) < 4.78 is 0. The average molecular weight is 255 g/mol. The minimum Gasteiger partial charge on any atom is -0.257 e. The van der Waals surface area contributed by atoms with Crippen LogP contribution in [0.1, 0.15) is 85.4 Å². The van der Waals surface area contributed by atoms with Gasteiger partial charge in [-0.15, -0.1) is 0 Å². The van der Waals surface area contributed by atoms with E-state index in [4.69, 9.17) is 4.98 Å². The summed E-state index contributed by atoms with van der Waals surface area (Å²) in [6.45, 7) is 0. The van der Waals surface area contributed by atoms with Crippen LogP contribution in [0, 0.1) is 0 Å². The molecule has 19 heavy (non-hydrogen) atoms. The van der Waals surface area contributed by atoms with Gasteiger partial charge in [0, 0.05) is 17.3 Å². The van der Waals surface area contributed by atoms with Gasteiger partial charge in [-0.25, -0.2) is 0 Å². The highest BCUT2D eigenvalue weighted by Gasteiger charge is 2.28. The van der Waals surface area contributed by atoms with E-state index >= 15 is 0 Å². The Labute approximate surface area is 116 Å². The first-order valence-electron chi connectivity index (χ1n) is 8.47. The summed E-state index contributed by atoms with van der Waals surface area (Å²) in [7, 11) is 0. The maximum absolute atomic E-state index is 5.21. The number of aryl methyl sites for hydroxylation is 1. The van der Waals surface area contributed by atoms with Crippen LogP contribution >= 0.6 is 0 Å². The lowest BCUT2D eigenvalue weighted by Crippen LogP contribution is -2.19. The molecule has 1 nitrogen and oxygen atoms in total. The van der Waals surface area contributed by atoms with Gasteiger partial charge in [-0.05, 0) is 80.9 Å². The van der Waals surface area contributed by atoms with Gasteiger partial charge in [-0.3, -0.25) is 4.98 Å². The fourth-order valence-corrected chi connectivity index (χ4v) is 4.61. The van der Waals surface area contributed by atoms with Crippen LogP contribution in [-0.2, 0) is 25.7 Å². The molecule has 3 aliphatic carbocycles. The number of hydrogen-bond donors (Lipinski definition) is 0. The molecule has 1 saturated carbocycles. The number of aromatic nitrogens is 1. The second kappa shape index (κ2) is 4.92. The normalized spacial score (nSPS) is 23.2. The van der Waals surface area contributed by atoms with Crippen molar-refractivity contribution in [3.63, 3.8) is 0 Å². The second-order valence-corrected chi connectivity index (χ2v) is 6.77. The van der Waals surface area contributed by atoms with Gasteiger partial charge in [0.25, 0.3) is 0 Å². The van der Waals surface area contributed by atoms with Gasteiger partial charge in [-0.2, -0.15) is 0 Å². The molecule has 0 aromatic carbocycles. The van der Waals surface area contributed by atoms with Crippen LogP contribution < -0.4 is 0 Å². The zero-order valence-electron chi connectivity index (χ0n) is 12.0. The Morgan fingerprint density at radius 1 is 0.632 bits per heavy atom. The molecule has 102 valence electrons. The molecule has 4 rings (SSSR count). The Kier molecular flexibility index (Phi) is 3.09. The van der Waals surface area contributed by atoms with E-state index in [-0.39, 0.29) is 0 Å². The highest BCUT2D eigenvalue weighted by Crippen LogP contribution is 2.40. The van der Waals surface area contributed by atoms with Crippen molar-refractivity contribution >= 4 is 0 Å². The smallest absolute Gasteiger partial charge is 0.0472 e. The maximum atomic E-state index is 5.21. The van der Waals surface area contributed by atoms with E-state index in [1.165, 1.54) is 82.7 Å². The van der Waals surface area contributed by atoms with Gasteiger partial charge in [0.05, 0.1) is 0 Å². The number of pyridine rings is 1. The first kappa shape index (κ1) is 11.9. The summed E-state index contributed by atoms with van der Waals surface area (Å²) in [5, 5.41) is 0. The predicted octanol–water partition coefficient (Wildman–Crippen LogP) is 4.50. The number of hydrogen-bond acceptors (Lipinski definition) is 1. The van der Waals surface area contributed by atoms with Crippen LogP contribution in [0.15, 0.2) is 0 Å². The van der Waals surface area contributed by atoms with Crippen molar-refractivity contribution in [3.05, 3.63) is 28.1 Å². The summed E-state index contributed by atoms with van der Waals surface area (Å²) in [5.74, 6) is 0.805. The minimum atomic E-state index is 0.805. The molecule has 1 heteroatoms. The first-order valence-corrected chi connectivity index (χ1v) is 8.47. The van der Waals surface area contributed by atoms with Crippen LogP contribution in [0.5, 0.6) is 0 Å². The Morgan fingerprint density at radius 2 is 1.26 bits per heavy atom. The molecule has 0 spiro atoms. The van der Waals surface area contributed by atoms with Crippen molar-refractivity contribution < 1.29 is 0 Å². The molecule has 0 unspecified atom stereocenters. The molecule has 3 aliphatic rings. The lowest BCUT2D eigenvalue weighted by atomic mass is 9.80. The molecule has 1 heterocycles. The third-order valence-electron chi connectivity index (χ3n) is 5.58. The standard InChI is InChI=1S/C18H25N/c1-2-8-13(7-1)18-16-11-4-3-9-14(16)15-10-5-6-12-17(15)19-18/h13H,1-12H2. The zero-order chi connectivity index (χ0) is 12.7. The molecule has 0 N–H and O–H groups in total. The van der Waals surface area contributed by atoms with Crippen molar-refractivity contribution in [1.82, 2.24) is 4.98 Å². The summed E-state index contributed by atoms with van der Waals surface area (Å²) in [4.78, 5) is 5.21. The number of rotatable bonds is 1. The summed E-state index contributed by atoms with van der Waals surface area (Å²) in [5.41, 5.74) is 8.20. The Hall–Kier alpha value is -0.850. The van der Waals surface area contributed by atoms with E-state index < -0.39 is 0 Å². The van der Waals surface area contributed by atoms with E-state index in [0.29, 0.717) is 0 Å². The van der Waals surface area contributed by atoms with Crippen molar-refractivity contribution in [2.45, 2.75) is 83.0 Å². The fourth-order valence-electron chi connectivity index (χ4n) is 4.61. The topological polar surface area (TPSA) is 12.9 Å². The number of nitrogens with zero attached hydrogens (tertiary/aromatic N) is 1. The van der Waals surface area contributed by atoms with Gasteiger partial charge in [0.2, 0.25) is 0 Å². The molecule has 1 aromatic heterocycles. The number of fused-ring (bicyclic) bond motifs is 3. The Morgan fingerprint density at radius 3 is 2.05 bits per heavy atom. The Balaban J connectivity index is 1.85. The highest BCUT2D eigenvalue weighted by molar-refractivity contribution is 5.44. The molecule has 0 aliphatic heterocycles. The summed E-state index contributed by atoms with van der Waals surface area (Å²) in [6.07, 6.45) is 16.5. The molecule has 1 aromatic rings. The predicted molar refractivity (Wildman–Crippen MR) is 78.7 cm³/mol. The van der Waals surface area contributed by atoms with Gasteiger partial charge in [0.1, 0.15) is 0 Å². The van der Waals surface area contributed by atoms with Gasteiger partial charge < -0.3 is 0 Å². The molecule has 0 saturated heterocycles. The third kappa shape index (κ3) is 2.02. The zero-order valence-corrected chi connectivity index (χ0v) is 12.0. The van der Waals surface area contributed by atoms with E-state index in [1.807, 2.05) is 0 Å². The minimum absolute atomic E-state index is 0.805. The Bertz CT molecular complexity index is 483. The van der Waals surface area contributed by atoms with Crippen LogP contribution in [0.3, 0.4) is 0 Å². The van der Waals surface area contributed by atoms with E-state index in [1.54, 1.807) is 22.4 Å². The largest absolute Gasteiger partial charge is 0.257 e. The van der Waals surface area contributed by atoms with Crippen molar-refractivity contribution in [3.8, 4) is 0 Å². The van der Waals surface area contributed by atoms with Crippen LogP contribution in [-0.4, -0.2) is 4.98 Å². The van der Waals surface area contributed by atoms with Crippen LogP contribution in [0.4, 0.5) is 0 Å². The SMILES string of the molecule is C1CCc2c(nc(C3CCCC3)c3c2CCCC3)C1. The van der Waals surface area contributed by atoms with E-state index in [0.717, 1.165) is 5.92 Å². The molecule has 0 amide bonds. The van der Waals surface area contributed by atoms with Gasteiger partial charge >= 0.3 is 0 Å². The average Bonchev–Trinajstić information content (AvgIpc) is 3.00. The van der Waals surface area contributed by atoms with Gasteiger partial charge in [-0.1, -0.05) is 12.8 Å². The molecule has 0 bridgehead atoms. The van der Waals surface area contributed by atoms with Crippen molar-refractivity contribution in [2.24, 2.45) is 0 Å². The highest BCUT2D eigenvalue weighted by atomic mass is 14.7. The molecule has 0 radical (unpaired) electrons. The second-order valence-electron chi connectivity index (χ2n) is 6.77. The molecule has 1 fully saturated rings. The quantitative estimate of drug-likeness (QED) is 0.720. The molecular formula is C18H25N. The van der Waals surface area contributed by atoms with E-state index in [9.17, 15) is 0 Å². The lowest BCUT2D eigenvalue weighted by Gasteiger charge is -2.28.